The van der Waals surface area contributed by atoms with Gasteiger partial charge in [-0.2, -0.15) is 0 Å². The van der Waals surface area contributed by atoms with Crippen molar-refractivity contribution in [2.24, 2.45) is 5.73 Å². The van der Waals surface area contributed by atoms with E-state index in [2.05, 4.69) is 64.9 Å². The van der Waals surface area contributed by atoms with Gasteiger partial charge >= 0.3 is 18.3 Å². The van der Waals surface area contributed by atoms with Gasteiger partial charge in [-0.3, -0.25) is 0 Å². The molecule has 0 aromatic carbocycles. The third-order valence-corrected chi connectivity index (χ3v) is 7.58. The predicted molar refractivity (Wildman–Crippen MR) is 225 cm³/mol. The lowest BCUT2D eigenvalue weighted by molar-refractivity contribution is 0.0827. The van der Waals surface area contributed by atoms with Crippen LogP contribution < -0.4 is 21.7 Å². The van der Waals surface area contributed by atoms with Gasteiger partial charge in [-0.1, -0.05) is 52.8 Å². The van der Waals surface area contributed by atoms with Crippen LogP contribution in [0.2, 0.25) is 0 Å². The van der Waals surface area contributed by atoms with Crippen molar-refractivity contribution < 1.29 is 76.1 Å². The standard InChI is InChI=1S/C16H30N3O5P.2C7H13NO4.C3H9NO2.2CH4.B/c1-7-9-22-16(21)18-11-15(12-20)24-25(23-10-8-17-6)19(13(2)3)14(4)5;2*1-2-3-12-7(11)8-4-6(10)5-9;4-1-3(6)2-5;;;/h7,13-15,20H,1,8-12H2,2-5H3,(H,18,21);2*2,6,9-10H,1,3-5H2,(H,8,11);3,5-6H,1-2,4H2;2*1H4;/t15-,25?;2*6-;3-;;;/m0000.../s1/i20D;9D;;;2*1T;. The largest absolute Gasteiger partial charge is 0.445 e. The molecule has 0 saturated carbocycles. The van der Waals surface area contributed by atoms with Gasteiger partial charge in [-0.05, 0) is 27.7 Å². The average Bonchev–Trinajstić information content (AvgIpc) is 3.26. The Morgan fingerprint density at radius 2 is 1.21 bits per heavy atom. The van der Waals surface area contributed by atoms with Crippen LogP contribution in [0.3, 0.4) is 0 Å². The van der Waals surface area contributed by atoms with Gasteiger partial charge in [-0.25, -0.2) is 25.6 Å². The number of carbonyl (C=O) groups is 3. The number of nitrogens with two attached hydrogens (primary N) is 1. The highest BCUT2D eigenvalue weighted by Gasteiger charge is 2.30. The van der Waals surface area contributed by atoms with Crippen molar-refractivity contribution in [3.63, 3.8) is 0 Å². The lowest BCUT2D eigenvalue weighted by Gasteiger charge is -2.36. The molecule has 21 nitrogen and oxygen atoms in total. The Bertz CT molecular complexity index is 1080. The summed E-state index contributed by atoms with van der Waals surface area (Å²) in [6.45, 7) is 25.4. The Hall–Kier alpha value is -3.43. The highest BCUT2D eigenvalue weighted by Crippen LogP contribution is 2.46. The number of amides is 3. The zero-order valence-corrected chi connectivity index (χ0v) is 35.7. The molecule has 58 heavy (non-hydrogen) atoms. The maximum Gasteiger partial charge on any atom is 0.407 e. The molecule has 0 aromatic rings. The number of nitrogens with one attached hydrogen (secondary N) is 3. The SMILES string of the molecule is C=CCOC(=O)NC[C@H](O)CO.NC[C@H](O)CO.[2H]OC[C@@H](O)CNC(=O)OCC=C.[2H]OC[C@H](CNC(=O)OCC=C)OP(OCC[N+]#[C-])N(C(C)C)C(C)C.[3H]C.[3H]C.[B]. The molecule has 0 aliphatic carbocycles. The van der Waals surface area contributed by atoms with Crippen molar-refractivity contribution in [1.82, 2.24) is 20.6 Å². The minimum absolute atomic E-state index is 0. The summed E-state index contributed by atoms with van der Waals surface area (Å²) in [7, 11) is 1.01. The first-order valence-corrected chi connectivity index (χ1v) is 18.1. The molecule has 3 radical (unpaired) electrons. The van der Waals surface area contributed by atoms with Crippen LogP contribution in [0.5, 0.6) is 0 Å². The smallest absolute Gasteiger partial charge is 0.407 e. The molecule has 0 bridgehead atoms. The number of hydrogen-bond donors (Lipinski definition) is 11. The van der Waals surface area contributed by atoms with E-state index in [1.807, 2.05) is 27.7 Å². The highest BCUT2D eigenvalue weighted by atomic mass is 31.2. The van der Waals surface area contributed by atoms with Gasteiger partial charge in [0.05, 0.1) is 44.7 Å². The van der Waals surface area contributed by atoms with Crippen molar-refractivity contribution in [3.8, 4) is 0 Å². The Kier molecular flexibility index (Phi) is 50.5. The number of ether oxygens (including phenoxy) is 3. The molecule has 23 heteroatoms. The van der Waals surface area contributed by atoms with Crippen LogP contribution >= 0.6 is 8.53 Å². The Morgan fingerprint density at radius 3 is 1.52 bits per heavy atom. The lowest BCUT2D eigenvalue weighted by atomic mass is 10.3. The van der Waals surface area contributed by atoms with E-state index < -0.39 is 51.2 Å². The summed E-state index contributed by atoms with van der Waals surface area (Å²) in [6.07, 6.45) is -0.709. The molecular weight excluding hydrogens is 786 g/mol. The maximum atomic E-state index is 11.6. The molecule has 0 saturated heterocycles. The van der Waals surface area contributed by atoms with Gasteiger partial charge < -0.3 is 85.5 Å². The second kappa shape index (κ2) is 49.7. The molecule has 0 fully saturated rings. The van der Waals surface area contributed by atoms with E-state index in [9.17, 15) is 14.4 Å². The summed E-state index contributed by atoms with van der Waals surface area (Å²) < 4.78 is 52.6. The van der Waals surface area contributed by atoms with Crippen LogP contribution in [-0.2, 0) is 23.3 Å². The highest BCUT2D eigenvalue weighted by molar-refractivity contribution is 7.44. The Morgan fingerprint density at radius 1 is 0.810 bits per heavy atom. The van der Waals surface area contributed by atoms with Crippen molar-refractivity contribution in [2.75, 3.05) is 85.6 Å². The van der Waals surface area contributed by atoms with E-state index in [0.29, 0.717) is 0 Å². The van der Waals surface area contributed by atoms with Gasteiger partial charge in [0.2, 0.25) is 9.41 Å². The van der Waals surface area contributed by atoms with Crippen molar-refractivity contribution in [1.29, 1.82) is 2.86 Å². The number of hydrogen-bond acceptors (Lipinski definition) is 17. The third kappa shape index (κ3) is 47.0. The third-order valence-electron chi connectivity index (χ3n) is 5.40. The molecular formula is C35H73BN6O15P. The molecule has 0 spiro atoms. The molecule has 0 heterocycles. The van der Waals surface area contributed by atoms with Crippen molar-refractivity contribution >= 4 is 35.2 Å². The first kappa shape index (κ1) is 58.9. The van der Waals surface area contributed by atoms with Gasteiger partial charge in [0.25, 0.3) is 8.53 Å². The van der Waals surface area contributed by atoms with Crippen LogP contribution in [0, 0.1) is 6.57 Å². The molecule has 0 aliphatic rings. The maximum absolute atomic E-state index is 11.6. The van der Waals surface area contributed by atoms with Crippen LogP contribution in [-0.4, -0.2) is 192 Å². The zero-order chi connectivity index (χ0) is 48.4. The fraction of sp³-hybridized carbons (Fsp3) is 0.714. The first-order valence-electron chi connectivity index (χ1n) is 19.8. The second-order valence-electron chi connectivity index (χ2n) is 10.9. The summed E-state index contributed by atoms with van der Waals surface area (Å²) in [5, 5.41) is 57.9. The number of alkyl carbamates (subject to hydrolysis) is 3. The molecule has 1 unspecified atom stereocenters. The molecule has 341 valence electrons. The summed E-state index contributed by atoms with van der Waals surface area (Å²) in [5.74, 6) is 0. The van der Waals surface area contributed by atoms with E-state index >= 15 is 0 Å². The number of carbonyl (C=O) groups excluding carboxylic acids is 3. The van der Waals surface area contributed by atoms with Gasteiger partial charge in [0.1, 0.15) is 32.5 Å². The van der Waals surface area contributed by atoms with Gasteiger partial charge in [-0.15, -0.1) is 0 Å². The van der Waals surface area contributed by atoms with E-state index in [1.54, 1.807) is 0 Å². The topological polar surface area (TPSA) is 309 Å². The molecule has 0 aromatic heterocycles. The van der Waals surface area contributed by atoms with Gasteiger partial charge in [0.15, 0.2) is 0 Å². The molecule has 0 aliphatic heterocycles. The van der Waals surface area contributed by atoms with Crippen molar-refractivity contribution in [2.45, 2.75) is 79.0 Å². The normalized spacial score (nSPS) is 12.9. The average molecular weight is 866 g/mol. The minimum atomic E-state index is -1.49. The molecule has 12 N–H and O–H groups in total. The monoisotopic (exact) mass is 866 g/mol. The summed E-state index contributed by atoms with van der Waals surface area (Å²) in [6, 6.07) is 0.300. The van der Waals surface area contributed by atoms with Crippen molar-refractivity contribution in [3.05, 3.63) is 49.4 Å². The van der Waals surface area contributed by atoms with Gasteiger partial charge in [0, 0.05) is 49.4 Å². The second-order valence-corrected chi connectivity index (χ2v) is 12.4. The molecule has 0 rings (SSSR count). The molecule has 3 amide bonds. The van der Waals surface area contributed by atoms with Crippen LogP contribution in [0.4, 0.5) is 14.4 Å². The van der Waals surface area contributed by atoms with Crippen LogP contribution in [0.25, 0.3) is 4.85 Å². The minimum Gasteiger partial charge on any atom is -0.445 e. The van der Waals surface area contributed by atoms with Crippen LogP contribution in [0.15, 0.2) is 38.0 Å². The zero-order valence-electron chi connectivity index (χ0n) is 38.8. The quantitative estimate of drug-likeness (QED) is 0.0132. The number of nitrogens with zero attached hydrogens (tertiary/aromatic N) is 2. The number of rotatable bonds is 27. The van der Waals surface area contributed by atoms with Crippen LogP contribution in [0.1, 0.15) is 45.2 Å². The van der Waals surface area contributed by atoms with E-state index in [4.69, 9.17) is 57.2 Å². The van der Waals surface area contributed by atoms with E-state index in [0.717, 1.165) is 0 Å². The van der Waals surface area contributed by atoms with E-state index in [1.165, 1.54) is 33.0 Å². The predicted octanol–water partition coefficient (Wildman–Crippen LogP) is 0.251. The number of aliphatic hydroxyl groups excluding tert-OH is 7. The van der Waals surface area contributed by atoms with E-state index in [-0.39, 0.29) is 106 Å². The summed E-state index contributed by atoms with van der Waals surface area (Å²) in [5.41, 5.74) is 4.87. The number of aliphatic hydroxyl groups is 7. The fourth-order valence-electron chi connectivity index (χ4n) is 2.90. The Balaban J connectivity index is -0.000000141. The Labute approximate surface area is 354 Å². The fourth-order valence-corrected chi connectivity index (χ4v) is 4.58. The first-order chi connectivity index (χ1) is 29.1. The lowest BCUT2D eigenvalue weighted by Crippen LogP contribution is -2.39. The molecule has 5 atom stereocenters. The summed E-state index contributed by atoms with van der Waals surface area (Å²) >= 11 is 0. The summed E-state index contributed by atoms with van der Waals surface area (Å²) in [4.78, 5) is 36.2.